The number of nitrogens with one attached hydrogen (secondary N) is 3. The standard InChI is InChI=1S/C16H20FN3OS/c17-13-3-1-2-4-14(13)18-16(22)20-19-15(21)9-12-8-10-5-6-11(12)7-10/h1-4,10-12H,5-9H2,(H,19,21)(H2,18,20,22). The lowest BCUT2D eigenvalue weighted by Gasteiger charge is -2.21. The molecule has 2 aliphatic rings. The van der Waals surface area contributed by atoms with E-state index in [1.807, 2.05) is 0 Å². The van der Waals surface area contributed by atoms with Crippen LogP contribution in [0.25, 0.3) is 0 Å². The highest BCUT2D eigenvalue weighted by atomic mass is 32.1. The van der Waals surface area contributed by atoms with Gasteiger partial charge in [-0.2, -0.15) is 0 Å². The van der Waals surface area contributed by atoms with E-state index in [-0.39, 0.29) is 22.5 Å². The van der Waals surface area contributed by atoms with Crippen LogP contribution in [0.3, 0.4) is 0 Å². The molecule has 3 N–H and O–H groups in total. The van der Waals surface area contributed by atoms with E-state index in [9.17, 15) is 9.18 Å². The molecule has 0 aromatic heterocycles. The number of hydrogen-bond donors (Lipinski definition) is 3. The highest BCUT2D eigenvalue weighted by molar-refractivity contribution is 7.80. The molecule has 0 aliphatic heterocycles. The Morgan fingerprint density at radius 2 is 2.05 bits per heavy atom. The number of benzene rings is 1. The van der Waals surface area contributed by atoms with Gasteiger partial charge in [0.2, 0.25) is 5.91 Å². The van der Waals surface area contributed by atoms with Crippen molar-refractivity contribution in [3.05, 3.63) is 30.1 Å². The summed E-state index contributed by atoms with van der Waals surface area (Å²) >= 11 is 5.05. The summed E-state index contributed by atoms with van der Waals surface area (Å²) in [6, 6.07) is 6.24. The van der Waals surface area contributed by atoms with Gasteiger partial charge >= 0.3 is 0 Å². The summed E-state index contributed by atoms with van der Waals surface area (Å²) in [4.78, 5) is 12.0. The molecule has 3 unspecified atom stereocenters. The predicted octanol–water partition coefficient (Wildman–Crippen LogP) is 2.97. The third-order valence-corrected chi connectivity index (χ3v) is 4.97. The summed E-state index contributed by atoms with van der Waals surface area (Å²) in [5.41, 5.74) is 5.50. The number of rotatable bonds is 3. The van der Waals surface area contributed by atoms with E-state index >= 15 is 0 Å². The lowest BCUT2D eigenvalue weighted by atomic mass is 9.86. The second kappa shape index (κ2) is 6.60. The molecular weight excluding hydrogens is 301 g/mol. The summed E-state index contributed by atoms with van der Waals surface area (Å²) in [5.74, 6) is 1.61. The first-order valence-electron chi connectivity index (χ1n) is 7.72. The van der Waals surface area contributed by atoms with Crippen molar-refractivity contribution >= 4 is 28.9 Å². The number of amides is 1. The number of carbonyl (C=O) groups is 1. The van der Waals surface area contributed by atoms with Crippen molar-refractivity contribution in [2.75, 3.05) is 5.32 Å². The monoisotopic (exact) mass is 321 g/mol. The maximum Gasteiger partial charge on any atom is 0.238 e. The van der Waals surface area contributed by atoms with Crippen molar-refractivity contribution in [2.45, 2.75) is 32.1 Å². The number of hydrogen-bond acceptors (Lipinski definition) is 2. The van der Waals surface area contributed by atoms with Crippen LogP contribution in [0.1, 0.15) is 32.1 Å². The zero-order chi connectivity index (χ0) is 15.5. The quantitative estimate of drug-likeness (QED) is 0.592. The molecule has 2 saturated carbocycles. The van der Waals surface area contributed by atoms with E-state index in [0.717, 1.165) is 11.8 Å². The maximum atomic E-state index is 13.5. The van der Waals surface area contributed by atoms with Gasteiger partial charge in [-0.3, -0.25) is 15.6 Å². The van der Waals surface area contributed by atoms with Gasteiger partial charge in [0.1, 0.15) is 5.82 Å². The Morgan fingerprint density at radius 3 is 2.73 bits per heavy atom. The van der Waals surface area contributed by atoms with Crippen molar-refractivity contribution in [3.8, 4) is 0 Å². The molecule has 4 nitrogen and oxygen atoms in total. The zero-order valence-corrected chi connectivity index (χ0v) is 13.1. The second-order valence-corrected chi connectivity index (χ2v) is 6.65. The Hall–Kier alpha value is -1.69. The van der Waals surface area contributed by atoms with Gasteiger partial charge in [-0.1, -0.05) is 18.6 Å². The lowest BCUT2D eigenvalue weighted by Crippen LogP contribution is -2.44. The average Bonchev–Trinajstić information content (AvgIpc) is 3.10. The van der Waals surface area contributed by atoms with Gasteiger partial charge in [0.05, 0.1) is 5.69 Å². The van der Waals surface area contributed by atoms with E-state index in [0.29, 0.717) is 12.3 Å². The second-order valence-electron chi connectivity index (χ2n) is 6.25. The van der Waals surface area contributed by atoms with E-state index in [1.165, 1.54) is 31.7 Å². The summed E-state index contributed by atoms with van der Waals surface area (Å²) in [5, 5.41) is 2.89. The highest BCUT2D eigenvalue weighted by Gasteiger charge is 2.40. The third kappa shape index (κ3) is 3.55. The molecule has 0 spiro atoms. The largest absolute Gasteiger partial charge is 0.329 e. The molecule has 1 aromatic carbocycles. The van der Waals surface area contributed by atoms with Crippen LogP contribution >= 0.6 is 12.2 Å². The number of halogens is 1. The number of fused-ring (bicyclic) bond motifs is 2. The molecule has 2 bridgehead atoms. The molecule has 3 atom stereocenters. The molecular formula is C16H20FN3OS. The number of thiocarbonyl (C=S) groups is 1. The lowest BCUT2D eigenvalue weighted by molar-refractivity contribution is -0.122. The van der Waals surface area contributed by atoms with Crippen LogP contribution in [0.5, 0.6) is 0 Å². The summed E-state index contributed by atoms with van der Waals surface area (Å²) in [6.07, 6.45) is 5.60. The average molecular weight is 321 g/mol. The number of anilines is 1. The maximum absolute atomic E-state index is 13.5. The number of hydrazine groups is 1. The molecule has 2 fully saturated rings. The number of para-hydroxylation sites is 1. The molecule has 1 aromatic rings. The fourth-order valence-electron chi connectivity index (χ4n) is 3.76. The fourth-order valence-corrected chi connectivity index (χ4v) is 3.92. The number of carbonyl (C=O) groups excluding carboxylic acids is 1. The van der Waals surface area contributed by atoms with E-state index < -0.39 is 0 Å². The molecule has 6 heteroatoms. The molecule has 22 heavy (non-hydrogen) atoms. The van der Waals surface area contributed by atoms with Crippen LogP contribution < -0.4 is 16.2 Å². The molecule has 3 rings (SSSR count). The van der Waals surface area contributed by atoms with Gasteiger partial charge in [-0.05, 0) is 61.4 Å². The van der Waals surface area contributed by atoms with Crippen molar-refractivity contribution in [1.82, 2.24) is 10.9 Å². The van der Waals surface area contributed by atoms with Crippen LogP contribution in [-0.2, 0) is 4.79 Å². The molecule has 2 aliphatic carbocycles. The van der Waals surface area contributed by atoms with Crippen molar-refractivity contribution in [1.29, 1.82) is 0 Å². The van der Waals surface area contributed by atoms with Crippen molar-refractivity contribution < 1.29 is 9.18 Å². The van der Waals surface area contributed by atoms with Gasteiger partial charge in [-0.25, -0.2) is 4.39 Å². The summed E-state index contributed by atoms with van der Waals surface area (Å²) in [7, 11) is 0. The Morgan fingerprint density at radius 1 is 1.23 bits per heavy atom. The van der Waals surface area contributed by atoms with Gasteiger partial charge < -0.3 is 5.32 Å². The molecule has 1 amide bonds. The minimum atomic E-state index is -0.389. The van der Waals surface area contributed by atoms with E-state index in [2.05, 4.69) is 16.2 Å². The van der Waals surface area contributed by atoms with Gasteiger partial charge in [0.15, 0.2) is 5.11 Å². The summed E-state index contributed by atoms with van der Waals surface area (Å²) in [6.45, 7) is 0. The van der Waals surface area contributed by atoms with Crippen molar-refractivity contribution in [3.63, 3.8) is 0 Å². The first-order chi connectivity index (χ1) is 10.6. The molecule has 0 heterocycles. The predicted molar refractivity (Wildman–Crippen MR) is 87.5 cm³/mol. The van der Waals surface area contributed by atoms with Crippen LogP contribution in [-0.4, -0.2) is 11.0 Å². The van der Waals surface area contributed by atoms with Gasteiger partial charge in [-0.15, -0.1) is 0 Å². The Labute approximate surface area is 134 Å². The van der Waals surface area contributed by atoms with Gasteiger partial charge in [0.25, 0.3) is 0 Å². The smallest absolute Gasteiger partial charge is 0.238 e. The highest BCUT2D eigenvalue weighted by Crippen LogP contribution is 2.49. The first-order valence-corrected chi connectivity index (χ1v) is 8.13. The van der Waals surface area contributed by atoms with E-state index in [4.69, 9.17) is 12.2 Å². The minimum Gasteiger partial charge on any atom is -0.329 e. The van der Waals surface area contributed by atoms with Crippen LogP contribution in [0.2, 0.25) is 0 Å². The normalized spacial score (nSPS) is 25.8. The van der Waals surface area contributed by atoms with Crippen molar-refractivity contribution in [2.24, 2.45) is 17.8 Å². The Balaban J connectivity index is 1.41. The summed E-state index contributed by atoms with van der Waals surface area (Å²) < 4.78 is 13.5. The van der Waals surface area contributed by atoms with E-state index in [1.54, 1.807) is 18.2 Å². The molecule has 118 valence electrons. The Kier molecular flexibility index (Phi) is 4.57. The topological polar surface area (TPSA) is 53.2 Å². The first kappa shape index (κ1) is 15.2. The van der Waals surface area contributed by atoms with Crippen LogP contribution in [0, 0.1) is 23.6 Å². The zero-order valence-electron chi connectivity index (χ0n) is 12.3. The molecule has 0 radical (unpaired) electrons. The SMILES string of the molecule is O=C(CC1CC2CCC1C2)NNC(=S)Nc1ccccc1F. The minimum absolute atomic E-state index is 0.0600. The van der Waals surface area contributed by atoms with Crippen LogP contribution in [0.4, 0.5) is 10.1 Å². The molecule has 0 saturated heterocycles. The third-order valence-electron chi connectivity index (χ3n) is 4.77. The fraction of sp³-hybridized carbons (Fsp3) is 0.500. The Bertz CT molecular complexity index is 580. The van der Waals surface area contributed by atoms with Gasteiger partial charge in [0, 0.05) is 6.42 Å². The van der Waals surface area contributed by atoms with Crippen LogP contribution in [0.15, 0.2) is 24.3 Å².